The maximum absolute atomic E-state index is 12.0. The summed E-state index contributed by atoms with van der Waals surface area (Å²) in [7, 11) is -3.52. The molecule has 0 aromatic heterocycles. The van der Waals surface area contributed by atoms with Crippen molar-refractivity contribution in [1.29, 1.82) is 0 Å². The van der Waals surface area contributed by atoms with E-state index in [2.05, 4.69) is 47.8 Å². The number of phosphoric ester groups is 1. The van der Waals surface area contributed by atoms with Gasteiger partial charge < -0.3 is 0 Å². The molecule has 0 fully saturated rings. The predicted octanol–water partition coefficient (Wildman–Crippen LogP) is 4.87. The van der Waals surface area contributed by atoms with E-state index in [4.69, 9.17) is 13.6 Å². The molecule has 0 rings (SSSR count). The number of halogens is 3. The van der Waals surface area contributed by atoms with E-state index in [0.29, 0.717) is 0 Å². The second kappa shape index (κ2) is 11.8. The lowest BCUT2D eigenvalue weighted by atomic mass is 10.7. The van der Waals surface area contributed by atoms with Crippen LogP contribution >= 0.6 is 55.6 Å². The van der Waals surface area contributed by atoms with Crippen molar-refractivity contribution in [3.8, 4) is 0 Å². The predicted molar refractivity (Wildman–Crippen MR) is 79.7 cm³/mol. The summed E-state index contributed by atoms with van der Waals surface area (Å²) in [4.78, 5) is 4.82. The second-order valence-electron chi connectivity index (χ2n) is 2.42. The molecule has 98 valence electrons. The van der Waals surface area contributed by atoms with Crippen LogP contribution in [0.25, 0.3) is 0 Å². The molecule has 8 heteroatoms. The van der Waals surface area contributed by atoms with Crippen LogP contribution in [0.2, 0.25) is 0 Å². The van der Waals surface area contributed by atoms with Crippen LogP contribution in [0.4, 0.5) is 0 Å². The molecule has 0 heterocycles. The standard InChI is InChI=1S/C9H12Br3O4P/c10-4-1-7-14-17(13,15-8-2-5-11)16-9-3-6-12/h1-6H,7-9H2. The third kappa shape index (κ3) is 10.4. The molecule has 0 amide bonds. The average Bonchev–Trinajstić information content (AvgIpc) is 2.30. The second-order valence-corrected chi connectivity index (χ2v) is 5.67. The summed E-state index contributed by atoms with van der Waals surface area (Å²) < 4.78 is 27.2. The average molecular weight is 455 g/mol. The first-order valence-corrected chi connectivity index (χ1v) is 8.68. The molecule has 0 N–H and O–H groups in total. The Balaban J connectivity index is 4.28. The zero-order chi connectivity index (χ0) is 13.0. The van der Waals surface area contributed by atoms with Crippen LogP contribution in [-0.2, 0) is 18.1 Å². The Morgan fingerprint density at radius 2 is 1.06 bits per heavy atom. The zero-order valence-electron chi connectivity index (χ0n) is 8.80. The first-order chi connectivity index (χ1) is 8.18. The fourth-order valence-corrected chi connectivity index (χ4v) is 2.11. The Bertz CT molecular complexity index is 270. The molecule has 17 heavy (non-hydrogen) atoms. The van der Waals surface area contributed by atoms with Gasteiger partial charge in [-0.2, -0.15) is 0 Å². The maximum Gasteiger partial charge on any atom is 0.475 e. The molecule has 0 spiro atoms. The summed E-state index contributed by atoms with van der Waals surface area (Å²) in [6.07, 6.45) is 4.92. The minimum absolute atomic E-state index is 0.137. The van der Waals surface area contributed by atoms with E-state index < -0.39 is 7.82 Å². The minimum atomic E-state index is -3.52. The highest BCUT2D eigenvalue weighted by Crippen LogP contribution is 2.49. The fourth-order valence-electron chi connectivity index (χ4n) is 0.624. The molecule has 0 radical (unpaired) electrons. The van der Waals surface area contributed by atoms with Gasteiger partial charge >= 0.3 is 7.82 Å². The van der Waals surface area contributed by atoms with Crippen molar-refractivity contribution in [3.63, 3.8) is 0 Å². The van der Waals surface area contributed by atoms with Gasteiger partial charge in [-0.25, -0.2) is 4.57 Å². The Kier molecular flexibility index (Phi) is 12.4. The molecule has 0 unspecified atom stereocenters. The Morgan fingerprint density at radius 1 is 0.765 bits per heavy atom. The quantitative estimate of drug-likeness (QED) is 0.466. The number of phosphoric acid groups is 1. The van der Waals surface area contributed by atoms with Gasteiger partial charge in [0.15, 0.2) is 0 Å². The van der Waals surface area contributed by atoms with E-state index in [9.17, 15) is 4.57 Å². The van der Waals surface area contributed by atoms with E-state index in [1.54, 1.807) is 33.2 Å². The number of hydrogen-bond donors (Lipinski definition) is 0. The van der Waals surface area contributed by atoms with Crippen molar-refractivity contribution in [2.75, 3.05) is 19.8 Å². The van der Waals surface area contributed by atoms with Gasteiger partial charge in [0, 0.05) is 0 Å². The monoisotopic (exact) mass is 452 g/mol. The minimum Gasteiger partial charge on any atom is -0.283 e. The van der Waals surface area contributed by atoms with E-state index in [1.165, 1.54) is 0 Å². The largest absolute Gasteiger partial charge is 0.475 e. The van der Waals surface area contributed by atoms with Crippen LogP contribution in [-0.4, -0.2) is 19.8 Å². The van der Waals surface area contributed by atoms with Crippen molar-refractivity contribution in [1.82, 2.24) is 0 Å². The molecule has 0 aliphatic heterocycles. The Morgan fingerprint density at radius 3 is 1.29 bits per heavy atom. The van der Waals surface area contributed by atoms with Crippen LogP contribution in [0, 0.1) is 0 Å². The summed E-state index contributed by atoms with van der Waals surface area (Å²) in [5.41, 5.74) is 0. The topological polar surface area (TPSA) is 44.8 Å². The lowest BCUT2D eigenvalue weighted by Crippen LogP contribution is -2.01. The van der Waals surface area contributed by atoms with Crippen LogP contribution in [0.3, 0.4) is 0 Å². The summed E-state index contributed by atoms with van der Waals surface area (Å²) in [6.45, 7) is 0.412. The summed E-state index contributed by atoms with van der Waals surface area (Å²) in [5.74, 6) is 0. The molecule has 0 saturated carbocycles. The van der Waals surface area contributed by atoms with Crippen LogP contribution < -0.4 is 0 Å². The van der Waals surface area contributed by atoms with Gasteiger partial charge in [-0.1, -0.05) is 66.0 Å². The molecule has 0 aliphatic carbocycles. The van der Waals surface area contributed by atoms with E-state index >= 15 is 0 Å². The van der Waals surface area contributed by atoms with Crippen molar-refractivity contribution in [3.05, 3.63) is 33.2 Å². The number of hydrogen-bond acceptors (Lipinski definition) is 4. The highest BCUT2D eigenvalue weighted by Gasteiger charge is 2.24. The first kappa shape index (κ1) is 17.8. The van der Waals surface area contributed by atoms with Crippen molar-refractivity contribution in [2.24, 2.45) is 0 Å². The van der Waals surface area contributed by atoms with Crippen LogP contribution in [0.1, 0.15) is 0 Å². The smallest absolute Gasteiger partial charge is 0.283 e. The van der Waals surface area contributed by atoms with E-state index in [1.807, 2.05) is 0 Å². The molecule has 0 aromatic carbocycles. The van der Waals surface area contributed by atoms with Crippen LogP contribution in [0.15, 0.2) is 33.2 Å². The van der Waals surface area contributed by atoms with Crippen LogP contribution in [0.5, 0.6) is 0 Å². The van der Waals surface area contributed by atoms with Crippen molar-refractivity contribution < 1.29 is 18.1 Å². The van der Waals surface area contributed by atoms with Gasteiger partial charge in [-0.05, 0) is 15.0 Å². The Hall–Kier alpha value is 0.770. The third-order valence-electron chi connectivity index (χ3n) is 1.25. The molecule has 4 nitrogen and oxygen atoms in total. The third-order valence-corrected chi connectivity index (χ3v) is 3.77. The van der Waals surface area contributed by atoms with E-state index in [0.717, 1.165) is 0 Å². The maximum atomic E-state index is 12.0. The molecule has 0 atom stereocenters. The Labute approximate surface area is 126 Å². The molecular weight excluding hydrogens is 443 g/mol. The summed E-state index contributed by atoms with van der Waals surface area (Å²) in [6, 6.07) is 0. The lowest BCUT2D eigenvalue weighted by Gasteiger charge is -2.15. The van der Waals surface area contributed by atoms with Gasteiger partial charge in [0.25, 0.3) is 0 Å². The van der Waals surface area contributed by atoms with Gasteiger partial charge in [0.05, 0.1) is 19.8 Å². The van der Waals surface area contributed by atoms with Gasteiger partial charge in [-0.3, -0.25) is 13.6 Å². The molecule has 0 bridgehead atoms. The van der Waals surface area contributed by atoms with Crippen molar-refractivity contribution in [2.45, 2.75) is 0 Å². The molecule has 0 aromatic rings. The highest BCUT2D eigenvalue weighted by molar-refractivity contribution is 9.11. The zero-order valence-corrected chi connectivity index (χ0v) is 14.5. The SMILES string of the molecule is O=P(OCC=CBr)(OCC=CBr)OCC=CBr. The summed E-state index contributed by atoms with van der Waals surface area (Å²) >= 11 is 9.23. The normalized spacial score (nSPS) is 16.2. The summed E-state index contributed by atoms with van der Waals surface area (Å²) in [5, 5.41) is 0. The van der Waals surface area contributed by atoms with Gasteiger partial charge in [-0.15, -0.1) is 0 Å². The van der Waals surface area contributed by atoms with Gasteiger partial charge in [0.1, 0.15) is 0 Å². The molecule has 0 aliphatic rings. The molecular formula is C9H12Br3O4P. The fraction of sp³-hybridized carbons (Fsp3) is 0.333. The van der Waals surface area contributed by atoms with E-state index in [-0.39, 0.29) is 19.8 Å². The lowest BCUT2D eigenvalue weighted by molar-refractivity contribution is 0.141. The number of rotatable bonds is 9. The molecule has 0 saturated heterocycles. The first-order valence-electron chi connectivity index (χ1n) is 4.48. The highest BCUT2D eigenvalue weighted by atomic mass is 79.9. The van der Waals surface area contributed by atoms with Gasteiger partial charge in [0.2, 0.25) is 0 Å². The van der Waals surface area contributed by atoms with Crippen molar-refractivity contribution >= 4 is 55.6 Å².